The van der Waals surface area contributed by atoms with Crippen molar-refractivity contribution in [2.45, 2.75) is 58.5 Å². The molecule has 0 radical (unpaired) electrons. The molecule has 1 aromatic heterocycles. The summed E-state index contributed by atoms with van der Waals surface area (Å²) in [6.07, 6.45) is 3.47. The van der Waals surface area contributed by atoms with Crippen molar-refractivity contribution >= 4 is 39.2 Å². The van der Waals surface area contributed by atoms with Gasteiger partial charge in [-0.25, -0.2) is 9.69 Å². The van der Waals surface area contributed by atoms with Gasteiger partial charge in [0.2, 0.25) is 0 Å². The van der Waals surface area contributed by atoms with Crippen molar-refractivity contribution in [2.75, 3.05) is 13.7 Å². The third-order valence-electron chi connectivity index (χ3n) is 5.75. The van der Waals surface area contributed by atoms with Crippen LogP contribution in [-0.2, 0) is 11.3 Å². The Morgan fingerprint density at radius 2 is 1.96 bits per heavy atom. The van der Waals surface area contributed by atoms with Gasteiger partial charge in [0.1, 0.15) is 5.54 Å². The van der Waals surface area contributed by atoms with Crippen LogP contribution in [0.1, 0.15) is 51.3 Å². The summed E-state index contributed by atoms with van der Waals surface area (Å²) in [5.41, 5.74) is -0.423. The third-order valence-corrected chi connectivity index (χ3v) is 7.36. The number of carbonyl (C=O) groups is 2. The number of nitrogens with one attached hydrogen (secondary N) is 1. The molecule has 144 valence electrons. The molecular weight excluding hydrogens is 414 g/mol. The molecule has 2 fully saturated rings. The highest BCUT2D eigenvalue weighted by Crippen LogP contribution is 2.43. The van der Waals surface area contributed by atoms with Gasteiger partial charge >= 0.3 is 6.03 Å². The van der Waals surface area contributed by atoms with Gasteiger partial charge in [-0.3, -0.25) is 9.69 Å². The zero-order chi connectivity index (χ0) is 19.1. The maximum absolute atomic E-state index is 13.1. The number of hydrogen-bond acceptors (Lipinski definition) is 4. The van der Waals surface area contributed by atoms with Gasteiger partial charge in [0.05, 0.1) is 10.5 Å². The number of amides is 3. The van der Waals surface area contributed by atoms with E-state index in [4.69, 9.17) is 0 Å². The summed E-state index contributed by atoms with van der Waals surface area (Å²) in [6.45, 7) is 7.82. The zero-order valence-electron chi connectivity index (χ0n) is 16.0. The Balaban J connectivity index is 1.62. The Labute approximate surface area is 168 Å². The summed E-state index contributed by atoms with van der Waals surface area (Å²) in [5, 5.41) is 3.02. The Bertz CT molecular complexity index is 689. The van der Waals surface area contributed by atoms with Gasteiger partial charge in [-0.2, -0.15) is 0 Å². The Morgan fingerprint density at radius 1 is 1.31 bits per heavy atom. The third kappa shape index (κ3) is 3.99. The molecule has 1 N–H and O–H groups in total. The van der Waals surface area contributed by atoms with Crippen LogP contribution >= 0.6 is 27.3 Å². The molecule has 1 aliphatic heterocycles. The Morgan fingerprint density at radius 3 is 2.50 bits per heavy atom. The van der Waals surface area contributed by atoms with Crippen LogP contribution in [0.4, 0.5) is 4.79 Å². The molecule has 3 rings (SSSR count). The number of carbonyl (C=O) groups excluding carboxylic acids is 2. The number of hydrogen-bond donors (Lipinski definition) is 1. The average molecular weight is 442 g/mol. The second-order valence-corrected chi connectivity index (χ2v) is 11.3. The minimum absolute atomic E-state index is 0.0472. The van der Waals surface area contributed by atoms with Crippen molar-refractivity contribution in [3.8, 4) is 0 Å². The fourth-order valence-electron chi connectivity index (χ4n) is 4.11. The molecule has 26 heavy (non-hydrogen) atoms. The molecule has 1 spiro atoms. The standard InChI is InChI=1S/C19H28BrN3O2S/c1-18(2,3)13-7-9-19(10-8-13)16(24)23(17(25)21-19)12-22(4)11-14-5-6-15(20)26-14/h5-6,13H,7-12H2,1-4H3,(H,21,25). The summed E-state index contributed by atoms with van der Waals surface area (Å²) in [4.78, 5) is 30.1. The number of imide groups is 1. The lowest BCUT2D eigenvalue weighted by atomic mass is 9.67. The normalized spacial score (nSPS) is 26.8. The van der Waals surface area contributed by atoms with E-state index in [-0.39, 0.29) is 17.4 Å². The van der Waals surface area contributed by atoms with E-state index in [2.05, 4.69) is 48.1 Å². The monoisotopic (exact) mass is 441 g/mol. The van der Waals surface area contributed by atoms with Crippen LogP contribution in [-0.4, -0.2) is 41.0 Å². The van der Waals surface area contributed by atoms with E-state index < -0.39 is 5.54 Å². The van der Waals surface area contributed by atoms with Crippen molar-refractivity contribution in [1.29, 1.82) is 0 Å². The summed E-state index contributed by atoms with van der Waals surface area (Å²) < 4.78 is 1.09. The van der Waals surface area contributed by atoms with Gasteiger partial charge in [0.15, 0.2) is 0 Å². The van der Waals surface area contributed by atoms with E-state index in [9.17, 15) is 9.59 Å². The SMILES string of the molecule is CN(Cc1ccc(Br)s1)CN1C(=O)NC2(CCC(C(C)(C)C)CC2)C1=O. The van der Waals surface area contributed by atoms with Crippen LogP contribution in [0.15, 0.2) is 15.9 Å². The van der Waals surface area contributed by atoms with Crippen LogP contribution in [0.3, 0.4) is 0 Å². The van der Waals surface area contributed by atoms with Gasteiger partial charge in [-0.05, 0) is 72.1 Å². The highest BCUT2D eigenvalue weighted by Gasteiger charge is 2.53. The molecule has 0 atom stereocenters. The van der Waals surface area contributed by atoms with Crippen molar-refractivity contribution < 1.29 is 9.59 Å². The second-order valence-electron chi connectivity index (χ2n) is 8.75. The largest absolute Gasteiger partial charge is 0.326 e. The maximum Gasteiger partial charge on any atom is 0.326 e. The van der Waals surface area contributed by atoms with E-state index >= 15 is 0 Å². The van der Waals surface area contributed by atoms with E-state index in [1.807, 2.05) is 18.0 Å². The molecule has 1 saturated heterocycles. The van der Waals surface area contributed by atoms with Crippen LogP contribution in [0.25, 0.3) is 0 Å². The molecule has 0 aromatic carbocycles. The van der Waals surface area contributed by atoms with E-state index in [1.54, 1.807) is 11.3 Å². The zero-order valence-corrected chi connectivity index (χ0v) is 18.4. The lowest BCUT2D eigenvalue weighted by Crippen LogP contribution is -2.51. The lowest BCUT2D eigenvalue weighted by molar-refractivity contribution is -0.134. The first-order valence-corrected chi connectivity index (χ1v) is 10.8. The first kappa shape index (κ1) is 19.8. The van der Waals surface area contributed by atoms with Gasteiger partial charge in [-0.1, -0.05) is 20.8 Å². The highest BCUT2D eigenvalue weighted by molar-refractivity contribution is 9.11. The molecule has 0 unspecified atom stereocenters. The number of nitrogens with zero attached hydrogens (tertiary/aromatic N) is 2. The first-order valence-electron chi connectivity index (χ1n) is 9.18. The van der Waals surface area contributed by atoms with Crippen LogP contribution < -0.4 is 5.32 Å². The molecule has 3 amide bonds. The highest BCUT2D eigenvalue weighted by atomic mass is 79.9. The van der Waals surface area contributed by atoms with Crippen LogP contribution in [0.5, 0.6) is 0 Å². The predicted octanol–water partition coefficient (Wildman–Crippen LogP) is 4.43. The smallest absolute Gasteiger partial charge is 0.323 e. The molecule has 1 saturated carbocycles. The molecule has 0 bridgehead atoms. The van der Waals surface area contributed by atoms with Gasteiger partial charge in [0.25, 0.3) is 5.91 Å². The Kier molecular flexibility index (Phi) is 5.53. The molecule has 1 aliphatic carbocycles. The van der Waals surface area contributed by atoms with Crippen molar-refractivity contribution in [3.63, 3.8) is 0 Å². The Hall–Kier alpha value is -0.920. The molecule has 2 aliphatic rings. The number of rotatable bonds is 4. The first-order chi connectivity index (χ1) is 12.1. The van der Waals surface area contributed by atoms with E-state index in [0.717, 1.165) is 29.5 Å². The van der Waals surface area contributed by atoms with Crippen molar-refractivity contribution in [3.05, 3.63) is 20.8 Å². The fraction of sp³-hybridized carbons (Fsp3) is 0.684. The second kappa shape index (κ2) is 7.24. The van der Waals surface area contributed by atoms with Gasteiger partial charge in [-0.15, -0.1) is 11.3 Å². The molecule has 1 aromatic rings. The minimum atomic E-state index is -0.675. The van der Waals surface area contributed by atoms with Crippen LogP contribution in [0, 0.1) is 11.3 Å². The van der Waals surface area contributed by atoms with Crippen molar-refractivity contribution in [1.82, 2.24) is 15.1 Å². The van der Waals surface area contributed by atoms with E-state index in [1.165, 1.54) is 9.78 Å². The fourth-order valence-corrected chi connectivity index (χ4v) is 5.68. The quantitative estimate of drug-likeness (QED) is 0.703. The maximum atomic E-state index is 13.1. The topological polar surface area (TPSA) is 52.6 Å². The van der Waals surface area contributed by atoms with Gasteiger partial charge < -0.3 is 5.32 Å². The van der Waals surface area contributed by atoms with Crippen molar-refractivity contribution in [2.24, 2.45) is 11.3 Å². The summed E-state index contributed by atoms with van der Waals surface area (Å²) in [7, 11) is 1.94. The summed E-state index contributed by atoms with van der Waals surface area (Å²) in [5.74, 6) is 0.556. The number of halogens is 1. The molecular formula is C19H28BrN3O2S. The number of urea groups is 1. The molecule has 5 nitrogen and oxygen atoms in total. The molecule has 7 heteroatoms. The van der Waals surface area contributed by atoms with Gasteiger partial charge in [0, 0.05) is 11.4 Å². The number of thiophene rings is 1. The average Bonchev–Trinajstić information content (AvgIpc) is 3.04. The lowest BCUT2D eigenvalue weighted by Gasteiger charge is -2.40. The van der Waals surface area contributed by atoms with E-state index in [0.29, 0.717) is 19.1 Å². The van der Waals surface area contributed by atoms with Crippen LogP contribution in [0.2, 0.25) is 0 Å². The minimum Gasteiger partial charge on any atom is -0.323 e. The molecule has 2 heterocycles. The summed E-state index contributed by atoms with van der Waals surface area (Å²) >= 11 is 5.14. The summed E-state index contributed by atoms with van der Waals surface area (Å²) in [6, 6.07) is 3.83. The predicted molar refractivity (Wildman–Crippen MR) is 108 cm³/mol.